The van der Waals surface area contributed by atoms with Crippen LogP contribution in [0, 0.1) is 6.92 Å². The number of benzene rings is 1. The van der Waals surface area contributed by atoms with Crippen molar-refractivity contribution in [1.82, 2.24) is 0 Å². The standard InChI is InChI=1S/C14H18O2/c1-10-6-3-4-7-11(10)12-8-5-9-13(16-2)14(12)15/h3-4,6-7,12-13H,5,8-9H2,1-2H3. The first-order chi connectivity index (χ1) is 7.74. The van der Waals surface area contributed by atoms with Gasteiger partial charge in [-0.05, 0) is 37.3 Å². The number of hydrogen-bond donors (Lipinski definition) is 0. The van der Waals surface area contributed by atoms with Crippen molar-refractivity contribution in [2.45, 2.75) is 38.2 Å². The Balaban J connectivity index is 2.27. The van der Waals surface area contributed by atoms with E-state index in [1.54, 1.807) is 7.11 Å². The normalized spacial score (nSPS) is 25.8. The van der Waals surface area contributed by atoms with Gasteiger partial charge in [-0.2, -0.15) is 0 Å². The molecule has 16 heavy (non-hydrogen) atoms. The van der Waals surface area contributed by atoms with E-state index in [9.17, 15) is 4.79 Å². The van der Waals surface area contributed by atoms with Crippen molar-refractivity contribution >= 4 is 5.78 Å². The minimum atomic E-state index is -0.196. The van der Waals surface area contributed by atoms with Crippen LogP contribution in [0.5, 0.6) is 0 Å². The van der Waals surface area contributed by atoms with Crippen molar-refractivity contribution in [3.05, 3.63) is 35.4 Å². The van der Waals surface area contributed by atoms with E-state index in [1.165, 1.54) is 11.1 Å². The van der Waals surface area contributed by atoms with E-state index >= 15 is 0 Å². The molecule has 2 nitrogen and oxygen atoms in total. The van der Waals surface area contributed by atoms with E-state index in [-0.39, 0.29) is 17.8 Å². The Labute approximate surface area is 96.6 Å². The lowest BCUT2D eigenvalue weighted by Crippen LogP contribution is -2.33. The van der Waals surface area contributed by atoms with Gasteiger partial charge in [0, 0.05) is 13.0 Å². The molecule has 1 fully saturated rings. The number of hydrogen-bond acceptors (Lipinski definition) is 2. The maximum absolute atomic E-state index is 12.2. The highest BCUT2D eigenvalue weighted by Crippen LogP contribution is 2.32. The van der Waals surface area contributed by atoms with Crippen LogP contribution in [0.2, 0.25) is 0 Å². The average Bonchev–Trinajstić information content (AvgIpc) is 2.31. The summed E-state index contributed by atoms with van der Waals surface area (Å²) >= 11 is 0. The van der Waals surface area contributed by atoms with E-state index in [1.807, 2.05) is 12.1 Å². The molecule has 0 heterocycles. The Kier molecular flexibility index (Phi) is 3.39. The molecule has 2 rings (SSSR count). The predicted molar refractivity (Wildman–Crippen MR) is 63.6 cm³/mol. The van der Waals surface area contributed by atoms with Gasteiger partial charge in [0.25, 0.3) is 0 Å². The smallest absolute Gasteiger partial charge is 0.168 e. The first kappa shape index (κ1) is 11.3. The first-order valence-electron chi connectivity index (χ1n) is 5.86. The minimum absolute atomic E-state index is 0.0416. The van der Waals surface area contributed by atoms with E-state index in [2.05, 4.69) is 19.1 Å². The van der Waals surface area contributed by atoms with Crippen molar-refractivity contribution in [3.63, 3.8) is 0 Å². The van der Waals surface area contributed by atoms with Crippen molar-refractivity contribution in [3.8, 4) is 0 Å². The summed E-state index contributed by atoms with van der Waals surface area (Å²) < 4.78 is 5.25. The summed E-state index contributed by atoms with van der Waals surface area (Å²) in [6, 6.07) is 8.15. The molecule has 1 aliphatic carbocycles. The second-order valence-electron chi connectivity index (χ2n) is 4.47. The zero-order valence-electron chi connectivity index (χ0n) is 9.90. The Morgan fingerprint density at radius 2 is 2.00 bits per heavy atom. The third kappa shape index (κ3) is 2.03. The van der Waals surface area contributed by atoms with E-state index in [0.717, 1.165) is 19.3 Å². The predicted octanol–water partition coefficient (Wildman–Crippen LogP) is 2.85. The van der Waals surface area contributed by atoms with Gasteiger partial charge in [-0.1, -0.05) is 24.3 Å². The van der Waals surface area contributed by atoms with Crippen molar-refractivity contribution in [2.24, 2.45) is 0 Å². The summed E-state index contributed by atoms with van der Waals surface area (Å²) in [6.45, 7) is 2.07. The number of aryl methyl sites for hydroxylation is 1. The highest BCUT2D eigenvalue weighted by molar-refractivity contribution is 5.90. The SMILES string of the molecule is COC1CCCC(c2ccccc2C)C1=O. The van der Waals surface area contributed by atoms with Crippen molar-refractivity contribution in [2.75, 3.05) is 7.11 Å². The van der Waals surface area contributed by atoms with E-state index in [4.69, 9.17) is 4.74 Å². The third-order valence-electron chi connectivity index (χ3n) is 3.47. The third-order valence-corrected chi connectivity index (χ3v) is 3.47. The fraction of sp³-hybridized carbons (Fsp3) is 0.500. The van der Waals surface area contributed by atoms with Crippen molar-refractivity contribution < 1.29 is 9.53 Å². The van der Waals surface area contributed by atoms with Gasteiger partial charge in [-0.15, -0.1) is 0 Å². The molecule has 2 atom stereocenters. The number of Topliss-reactive ketones (excluding diaryl/α,β-unsaturated/α-hetero) is 1. The lowest BCUT2D eigenvalue weighted by Gasteiger charge is -2.27. The van der Waals surface area contributed by atoms with Crippen LogP contribution in [-0.2, 0) is 9.53 Å². The van der Waals surface area contributed by atoms with Gasteiger partial charge in [0.1, 0.15) is 6.10 Å². The number of rotatable bonds is 2. The fourth-order valence-corrected chi connectivity index (χ4v) is 2.54. The molecule has 1 aromatic rings. The quantitative estimate of drug-likeness (QED) is 0.763. The van der Waals surface area contributed by atoms with Crippen molar-refractivity contribution in [1.29, 1.82) is 0 Å². The second-order valence-corrected chi connectivity index (χ2v) is 4.47. The lowest BCUT2D eigenvalue weighted by atomic mass is 9.80. The lowest BCUT2D eigenvalue weighted by molar-refractivity contribution is -0.133. The summed E-state index contributed by atoms with van der Waals surface area (Å²) in [6.07, 6.45) is 2.71. The molecule has 86 valence electrons. The van der Waals surface area contributed by atoms with Crippen LogP contribution in [-0.4, -0.2) is 19.0 Å². The number of ether oxygens (including phenoxy) is 1. The van der Waals surface area contributed by atoms with Gasteiger partial charge in [0.15, 0.2) is 5.78 Å². The van der Waals surface area contributed by atoms with Crippen LogP contribution in [0.25, 0.3) is 0 Å². The number of methoxy groups -OCH3 is 1. The molecule has 2 unspecified atom stereocenters. The highest BCUT2D eigenvalue weighted by Gasteiger charge is 2.32. The van der Waals surface area contributed by atoms with Gasteiger partial charge in [-0.25, -0.2) is 0 Å². The summed E-state index contributed by atoms with van der Waals surface area (Å²) in [5.74, 6) is 0.294. The molecule has 1 aliphatic rings. The molecule has 2 heteroatoms. The second kappa shape index (κ2) is 4.79. The van der Waals surface area contributed by atoms with Crippen LogP contribution >= 0.6 is 0 Å². The van der Waals surface area contributed by atoms with Crippen LogP contribution in [0.1, 0.15) is 36.3 Å². The van der Waals surface area contributed by atoms with E-state index in [0.29, 0.717) is 0 Å². The van der Waals surface area contributed by atoms with Gasteiger partial charge in [0.05, 0.1) is 0 Å². The monoisotopic (exact) mass is 218 g/mol. The maximum atomic E-state index is 12.2. The summed E-state index contributed by atoms with van der Waals surface area (Å²) in [7, 11) is 1.63. The van der Waals surface area contributed by atoms with Crippen LogP contribution < -0.4 is 0 Å². The Bertz CT molecular complexity index is 384. The molecule has 0 saturated heterocycles. The molecule has 0 amide bonds. The Morgan fingerprint density at radius 3 is 2.69 bits per heavy atom. The molecule has 0 spiro atoms. The van der Waals surface area contributed by atoms with Crippen LogP contribution in [0.3, 0.4) is 0 Å². The number of ketones is 1. The maximum Gasteiger partial charge on any atom is 0.168 e. The molecule has 0 aliphatic heterocycles. The Morgan fingerprint density at radius 1 is 1.25 bits per heavy atom. The fourth-order valence-electron chi connectivity index (χ4n) is 2.54. The van der Waals surface area contributed by atoms with E-state index < -0.39 is 0 Å². The molecule has 1 saturated carbocycles. The van der Waals surface area contributed by atoms with Crippen LogP contribution in [0.15, 0.2) is 24.3 Å². The highest BCUT2D eigenvalue weighted by atomic mass is 16.5. The number of carbonyl (C=O) groups excluding carboxylic acids is 1. The average molecular weight is 218 g/mol. The largest absolute Gasteiger partial charge is 0.374 e. The molecule has 0 aromatic heterocycles. The summed E-state index contributed by atoms with van der Waals surface area (Å²) in [4.78, 5) is 12.2. The van der Waals surface area contributed by atoms with Gasteiger partial charge < -0.3 is 4.74 Å². The summed E-state index contributed by atoms with van der Waals surface area (Å²) in [5, 5.41) is 0. The minimum Gasteiger partial charge on any atom is -0.374 e. The molecule has 1 aromatic carbocycles. The zero-order valence-corrected chi connectivity index (χ0v) is 9.90. The van der Waals surface area contributed by atoms with Gasteiger partial charge >= 0.3 is 0 Å². The molecule has 0 radical (unpaired) electrons. The molecular formula is C14H18O2. The van der Waals surface area contributed by atoms with Crippen LogP contribution in [0.4, 0.5) is 0 Å². The molecule has 0 bridgehead atoms. The molecule has 0 N–H and O–H groups in total. The topological polar surface area (TPSA) is 26.3 Å². The van der Waals surface area contributed by atoms with Gasteiger partial charge in [-0.3, -0.25) is 4.79 Å². The summed E-state index contributed by atoms with van der Waals surface area (Å²) in [5.41, 5.74) is 2.38. The van der Waals surface area contributed by atoms with Gasteiger partial charge in [0.2, 0.25) is 0 Å². The Hall–Kier alpha value is -1.15. The first-order valence-corrected chi connectivity index (χ1v) is 5.86. The zero-order chi connectivity index (χ0) is 11.5. The molecular weight excluding hydrogens is 200 g/mol. The number of carbonyl (C=O) groups is 1.